The van der Waals surface area contributed by atoms with Crippen LogP contribution in [0, 0.1) is 17.0 Å². The number of hydrogen-bond donors (Lipinski definition) is 0. The number of ketones is 1. The van der Waals surface area contributed by atoms with Crippen LogP contribution in [0.15, 0.2) is 36.7 Å². The molecule has 20 heavy (non-hydrogen) atoms. The zero-order valence-corrected chi connectivity index (χ0v) is 11.4. The van der Waals surface area contributed by atoms with Crippen LogP contribution in [-0.2, 0) is 6.42 Å². The first-order chi connectivity index (χ1) is 9.49. The van der Waals surface area contributed by atoms with E-state index in [1.54, 1.807) is 19.1 Å². The first-order valence-electron chi connectivity index (χ1n) is 5.85. The van der Waals surface area contributed by atoms with Gasteiger partial charge in [0, 0.05) is 24.9 Å². The summed E-state index contributed by atoms with van der Waals surface area (Å²) in [6.07, 6.45) is 2.97. The molecule has 0 aliphatic heterocycles. The molecule has 1 heterocycles. The van der Waals surface area contributed by atoms with Crippen molar-refractivity contribution < 1.29 is 9.72 Å². The number of rotatable bonds is 4. The standard InChI is InChI=1S/C14H11ClN2O3/c1-9-2-3-13(17(19)20)11(6-9)14(18)7-10-4-5-16-8-12(10)15/h2-6,8H,7H2,1H3. The minimum Gasteiger partial charge on any atom is -0.294 e. The Hall–Kier alpha value is -2.27. The molecule has 0 saturated heterocycles. The molecular weight excluding hydrogens is 280 g/mol. The molecule has 1 aromatic heterocycles. The molecule has 1 aromatic carbocycles. The minimum absolute atomic E-state index is 0.00560. The first kappa shape index (κ1) is 14.1. The third kappa shape index (κ3) is 3.00. The summed E-state index contributed by atoms with van der Waals surface area (Å²) >= 11 is 5.94. The molecule has 0 aliphatic carbocycles. The number of carbonyl (C=O) groups is 1. The van der Waals surface area contributed by atoms with E-state index in [2.05, 4.69) is 4.98 Å². The van der Waals surface area contributed by atoms with Gasteiger partial charge in [0.1, 0.15) is 0 Å². The summed E-state index contributed by atoms with van der Waals surface area (Å²) in [7, 11) is 0. The minimum atomic E-state index is -0.555. The van der Waals surface area contributed by atoms with Gasteiger partial charge in [0.2, 0.25) is 0 Å². The van der Waals surface area contributed by atoms with Crippen LogP contribution in [0.5, 0.6) is 0 Å². The van der Waals surface area contributed by atoms with Crippen molar-refractivity contribution in [2.45, 2.75) is 13.3 Å². The highest BCUT2D eigenvalue weighted by Crippen LogP contribution is 2.23. The fourth-order valence-corrected chi connectivity index (χ4v) is 2.03. The molecule has 0 radical (unpaired) electrons. The van der Waals surface area contributed by atoms with E-state index in [1.165, 1.54) is 24.5 Å². The zero-order valence-electron chi connectivity index (χ0n) is 10.7. The van der Waals surface area contributed by atoms with Crippen LogP contribution in [-0.4, -0.2) is 15.7 Å². The monoisotopic (exact) mass is 290 g/mol. The average Bonchev–Trinajstić information content (AvgIpc) is 2.40. The fraction of sp³-hybridized carbons (Fsp3) is 0.143. The smallest absolute Gasteiger partial charge is 0.280 e. The van der Waals surface area contributed by atoms with Gasteiger partial charge in [-0.15, -0.1) is 0 Å². The molecular formula is C14H11ClN2O3. The lowest BCUT2D eigenvalue weighted by Gasteiger charge is -2.05. The van der Waals surface area contributed by atoms with E-state index in [0.29, 0.717) is 10.6 Å². The molecule has 102 valence electrons. The van der Waals surface area contributed by atoms with Gasteiger partial charge >= 0.3 is 0 Å². The van der Waals surface area contributed by atoms with Crippen molar-refractivity contribution >= 4 is 23.1 Å². The number of Topliss-reactive ketones (excluding diaryl/α,β-unsaturated/α-hetero) is 1. The van der Waals surface area contributed by atoms with E-state index >= 15 is 0 Å². The Balaban J connectivity index is 2.37. The molecule has 0 spiro atoms. The number of hydrogen-bond acceptors (Lipinski definition) is 4. The Morgan fingerprint density at radius 1 is 1.40 bits per heavy atom. The van der Waals surface area contributed by atoms with Crippen molar-refractivity contribution in [1.29, 1.82) is 0 Å². The number of pyridine rings is 1. The van der Waals surface area contributed by atoms with E-state index in [4.69, 9.17) is 11.6 Å². The normalized spacial score (nSPS) is 10.3. The number of nitro benzene ring substituents is 1. The van der Waals surface area contributed by atoms with Crippen molar-refractivity contribution in [1.82, 2.24) is 4.98 Å². The highest BCUT2D eigenvalue weighted by atomic mass is 35.5. The Bertz CT molecular complexity index is 686. The van der Waals surface area contributed by atoms with E-state index in [0.717, 1.165) is 5.56 Å². The average molecular weight is 291 g/mol. The molecule has 0 saturated carbocycles. The third-order valence-corrected chi connectivity index (χ3v) is 3.20. The number of halogens is 1. The Labute approximate surface area is 120 Å². The van der Waals surface area contributed by atoms with Gasteiger partial charge in [0.05, 0.1) is 15.5 Å². The number of aromatic nitrogens is 1. The summed E-state index contributed by atoms with van der Waals surface area (Å²) in [6.45, 7) is 1.78. The fourth-order valence-electron chi connectivity index (χ4n) is 1.85. The van der Waals surface area contributed by atoms with Crippen LogP contribution >= 0.6 is 11.6 Å². The van der Waals surface area contributed by atoms with Crippen molar-refractivity contribution in [3.8, 4) is 0 Å². The number of aryl methyl sites for hydroxylation is 1. The van der Waals surface area contributed by atoms with E-state index in [9.17, 15) is 14.9 Å². The summed E-state index contributed by atoms with van der Waals surface area (Å²) in [5, 5.41) is 11.3. The Morgan fingerprint density at radius 2 is 2.15 bits per heavy atom. The van der Waals surface area contributed by atoms with Crippen molar-refractivity contribution in [2.24, 2.45) is 0 Å². The maximum atomic E-state index is 12.3. The molecule has 0 amide bonds. The summed E-state index contributed by atoms with van der Waals surface area (Å²) in [5.74, 6) is -0.339. The number of nitro groups is 1. The van der Waals surface area contributed by atoms with Gasteiger partial charge < -0.3 is 0 Å². The molecule has 0 atom stereocenters. The number of benzene rings is 1. The largest absolute Gasteiger partial charge is 0.294 e. The molecule has 6 heteroatoms. The molecule has 2 aromatic rings. The SMILES string of the molecule is Cc1ccc([N+](=O)[O-])c(C(=O)Cc2ccncc2Cl)c1. The lowest BCUT2D eigenvalue weighted by atomic mass is 10.0. The second-order valence-corrected chi connectivity index (χ2v) is 4.75. The summed E-state index contributed by atoms with van der Waals surface area (Å²) in [4.78, 5) is 26.5. The second kappa shape index (κ2) is 5.79. The first-order valence-corrected chi connectivity index (χ1v) is 6.23. The zero-order chi connectivity index (χ0) is 14.7. The molecule has 0 bridgehead atoms. The maximum absolute atomic E-state index is 12.3. The lowest BCUT2D eigenvalue weighted by Crippen LogP contribution is -2.08. The number of carbonyl (C=O) groups excluding carboxylic acids is 1. The van der Waals surface area contributed by atoms with Crippen molar-refractivity contribution in [2.75, 3.05) is 0 Å². The molecule has 5 nitrogen and oxygen atoms in total. The lowest BCUT2D eigenvalue weighted by molar-refractivity contribution is -0.385. The molecule has 0 unspecified atom stereocenters. The van der Waals surface area contributed by atoms with E-state index < -0.39 is 4.92 Å². The third-order valence-electron chi connectivity index (χ3n) is 2.86. The van der Waals surface area contributed by atoms with Gasteiger partial charge in [-0.25, -0.2) is 0 Å². The predicted octanol–water partition coefficient (Wildman–Crippen LogP) is 3.38. The van der Waals surface area contributed by atoms with Crippen molar-refractivity contribution in [3.05, 3.63) is 68.5 Å². The Kier molecular flexibility index (Phi) is 4.10. The van der Waals surface area contributed by atoms with E-state index in [-0.39, 0.29) is 23.5 Å². The Morgan fingerprint density at radius 3 is 2.80 bits per heavy atom. The van der Waals surface area contributed by atoms with Gasteiger partial charge in [0.15, 0.2) is 5.78 Å². The van der Waals surface area contributed by atoms with Gasteiger partial charge in [-0.05, 0) is 30.2 Å². The van der Waals surface area contributed by atoms with Crippen LogP contribution in [0.4, 0.5) is 5.69 Å². The molecule has 0 fully saturated rings. The van der Waals surface area contributed by atoms with Crippen LogP contribution in [0.3, 0.4) is 0 Å². The highest BCUT2D eigenvalue weighted by Gasteiger charge is 2.20. The molecule has 0 aliphatic rings. The van der Waals surface area contributed by atoms with Crippen LogP contribution in [0.1, 0.15) is 21.5 Å². The molecule has 0 N–H and O–H groups in total. The van der Waals surface area contributed by atoms with Gasteiger partial charge in [0.25, 0.3) is 5.69 Å². The predicted molar refractivity (Wildman–Crippen MR) is 75.1 cm³/mol. The van der Waals surface area contributed by atoms with Gasteiger partial charge in [-0.2, -0.15) is 0 Å². The van der Waals surface area contributed by atoms with Crippen LogP contribution in [0.2, 0.25) is 5.02 Å². The summed E-state index contributed by atoms with van der Waals surface area (Å²) < 4.78 is 0. The van der Waals surface area contributed by atoms with E-state index in [1.807, 2.05) is 0 Å². The summed E-state index contributed by atoms with van der Waals surface area (Å²) in [6, 6.07) is 6.10. The topological polar surface area (TPSA) is 73.1 Å². The molecule has 2 rings (SSSR count). The van der Waals surface area contributed by atoms with Crippen LogP contribution < -0.4 is 0 Å². The van der Waals surface area contributed by atoms with Crippen LogP contribution in [0.25, 0.3) is 0 Å². The summed E-state index contributed by atoms with van der Waals surface area (Å²) in [5.41, 5.74) is 1.30. The quantitative estimate of drug-likeness (QED) is 0.491. The van der Waals surface area contributed by atoms with Gasteiger partial charge in [-0.1, -0.05) is 17.7 Å². The van der Waals surface area contributed by atoms with Gasteiger partial charge in [-0.3, -0.25) is 19.9 Å². The maximum Gasteiger partial charge on any atom is 0.280 e. The van der Waals surface area contributed by atoms with Crippen molar-refractivity contribution in [3.63, 3.8) is 0 Å². The highest BCUT2D eigenvalue weighted by molar-refractivity contribution is 6.31. The second-order valence-electron chi connectivity index (χ2n) is 4.34. The number of nitrogens with zero attached hydrogens (tertiary/aromatic N) is 2.